The van der Waals surface area contributed by atoms with E-state index < -0.39 is 0 Å². The van der Waals surface area contributed by atoms with Crippen molar-refractivity contribution in [3.8, 4) is 5.69 Å². The normalized spacial score (nSPS) is 16.3. The molecule has 4 nitrogen and oxygen atoms in total. The lowest BCUT2D eigenvalue weighted by molar-refractivity contribution is 0.360. The maximum Gasteiger partial charge on any atom is 0.333 e. The zero-order valence-corrected chi connectivity index (χ0v) is 12.2. The minimum atomic E-state index is -0.289. The van der Waals surface area contributed by atoms with Crippen molar-refractivity contribution in [3.63, 3.8) is 0 Å². The highest BCUT2D eigenvalue weighted by molar-refractivity contribution is 5.34. The second-order valence-corrected chi connectivity index (χ2v) is 5.46. The Morgan fingerprint density at radius 3 is 2.52 bits per heavy atom. The summed E-state index contributed by atoms with van der Waals surface area (Å²) in [6.07, 6.45) is 4.67. The van der Waals surface area contributed by atoms with Gasteiger partial charge in [0.2, 0.25) is 0 Å². The lowest BCUT2D eigenvalue weighted by Crippen LogP contribution is -2.34. The molecule has 1 aliphatic rings. The third kappa shape index (κ3) is 2.65. The van der Waals surface area contributed by atoms with Gasteiger partial charge in [-0.05, 0) is 56.6 Å². The molecule has 1 aliphatic heterocycles. The van der Waals surface area contributed by atoms with Crippen LogP contribution in [0.5, 0.6) is 0 Å². The summed E-state index contributed by atoms with van der Waals surface area (Å²) in [5, 5.41) is 3.31. The van der Waals surface area contributed by atoms with Crippen LogP contribution in [0.25, 0.3) is 5.69 Å². The number of imidazole rings is 1. The lowest BCUT2D eigenvalue weighted by Gasteiger charge is -2.23. The number of rotatable bonds is 3. The highest BCUT2D eigenvalue weighted by Crippen LogP contribution is 2.19. The number of nitrogens with one attached hydrogen (secondary N) is 1. The van der Waals surface area contributed by atoms with Crippen molar-refractivity contribution >= 4 is 0 Å². The molecule has 0 aliphatic carbocycles. The summed E-state index contributed by atoms with van der Waals surface area (Å²) in [4.78, 5) is 12.7. The van der Waals surface area contributed by atoms with Gasteiger partial charge in [-0.3, -0.25) is 9.13 Å². The van der Waals surface area contributed by atoms with Crippen molar-refractivity contribution < 1.29 is 4.39 Å². The Morgan fingerprint density at radius 1 is 1.24 bits per heavy atom. The number of halogens is 1. The van der Waals surface area contributed by atoms with Crippen LogP contribution in [0.4, 0.5) is 4.39 Å². The average Bonchev–Trinajstić information content (AvgIpc) is 2.86. The molecular formula is C16H20FN3O. The predicted molar refractivity (Wildman–Crippen MR) is 80.5 cm³/mol. The molecule has 1 fully saturated rings. The van der Waals surface area contributed by atoms with Crippen molar-refractivity contribution in [1.82, 2.24) is 14.5 Å². The Morgan fingerprint density at radius 2 is 1.90 bits per heavy atom. The molecule has 0 atom stereocenters. The van der Waals surface area contributed by atoms with Gasteiger partial charge in [0.05, 0.1) is 5.69 Å². The van der Waals surface area contributed by atoms with E-state index >= 15 is 0 Å². The summed E-state index contributed by atoms with van der Waals surface area (Å²) in [6, 6.07) is 6.35. The van der Waals surface area contributed by atoms with Gasteiger partial charge in [-0.1, -0.05) is 6.92 Å². The molecule has 1 N–H and O–H groups in total. The van der Waals surface area contributed by atoms with Crippen LogP contribution in [0.15, 0.2) is 35.3 Å². The second-order valence-electron chi connectivity index (χ2n) is 5.46. The number of nitrogens with zero attached hydrogens (tertiary/aromatic N) is 2. The number of hydrogen-bond donors (Lipinski definition) is 1. The van der Waals surface area contributed by atoms with Gasteiger partial charge in [-0.15, -0.1) is 0 Å². The van der Waals surface area contributed by atoms with Crippen LogP contribution in [0.2, 0.25) is 0 Å². The Hall–Kier alpha value is -1.88. The van der Waals surface area contributed by atoms with E-state index in [1.807, 2.05) is 17.7 Å². The molecule has 0 bridgehead atoms. The third-order valence-corrected chi connectivity index (χ3v) is 4.14. The molecule has 0 saturated carbocycles. The second kappa shape index (κ2) is 5.85. The standard InChI is InChI=1S/C16H20FN3O/c1-2-13-11-19(14-7-9-18-10-8-14)16(21)20(13)15-5-3-12(17)4-6-15/h3-6,11,14,18H,2,7-10H2,1H3. The van der Waals surface area contributed by atoms with E-state index in [9.17, 15) is 9.18 Å². The number of piperidine rings is 1. The van der Waals surface area contributed by atoms with Gasteiger partial charge >= 0.3 is 5.69 Å². The molecule has 112 valence electrons. The topological polar surface area (TPSA) is 39.0 Å². The van der Waals surface area contributed by atoms with Crippen LogP contribution in [0.1, 0.15) is 31.5 Å². The zero-order chi connectivity index (χ0) is 14.8. The number of benzene rings is 1. The maximum absolute atomic E-state index is 13.1. The Balaban J connectivity index is 2.05. The molecule has 0 radical (unpaired) electrons. The summed E-state index contributed by atoms with van der Waals surface area (Å²) in [7, 11) is 0. The molecule has 2 aromatic rings. The average molecular weight is 289 g/mol. The van der Waals surface area contributed by atoms with E-state index in [-0.39, 0.29) is 17.5 Å². The predicted octanol–water partition coefficient (Wildman–Crippen LogP) is 2.26. The highest BCUT2D eigenvalue weighted by Gasteiger charge is 2.20. The van der Waals surface area contributed by atoms with Gasteiger partial charge in [0.25, 0.3) is 0 Å². The molecule has 1 aromatic heterocycles. The molecule has 21 heavy (non-hydrogen) atoms. The molecule has 2 heterocycles. The summed E-state index contributed by atoms with van der Waals surface area (Å²) in [6.45, 7) is 3.92. The van der Waals surface area contributed by atoms with Crippen molar-refractivity contribution in [2.24, 2.45) is 0 Å². The number of aromatic nitrogens is 2. The largest absolute Gasteiger partial charge is 0.333 e. The minimum absolute atomic E-state index is 0.0228. The van der Waals surface area contributed by atoms with Crippen LogP contribution >= 0.6 is 0 Å². The highest BCUT2D eigenvalue weighted by atomic mass is 19.1. The van der Waals surface area contributed by atoms with Crippen molar-refractivity contribution in [1.29, 1.82) is 0 Å². The van der Waals surface area contributed by atoms with Gasteiger partial charge in [0, 0.05) is 17.9 Å². The van der Waals surface area contributed by atoms with Crippen LogP contribution in [-0.4, -0.2) is 22.2 Å². The van der Waals surface area contributed by atoms with E-state index in [1.54, 1.807) is 16.7 Å². The van der Waals surface area contributed by atoms with E-state index in [1.165, 1.54) is 12.1 Å². The van der Waals surface area contributed by atoms with Gasteiger partial charge in [0.1, 0.15) is 5.82 Å². The summed E-state index contributed by atoms with van der Waals surface area (Å²) >= 11 is 0. The molecule has 0 amide bonds. The minimum Gasteiger partial charge on any atom is -0.317 e. The third-order valence-electron chi connectivity index (χ3n) is 4.14. The van der Waals surface area contributed by atoms with Crippen molar-refractivity contribution in [2.75, 3.05) is 13.1 Å². The molecule has 1 saturated heterocycles. The zero-order valence-electron chi connectivity index (χ0n) is 12.2. The van der Waals surface area contributed by atoms with E-state index in [0.29, 0.717) is 0 Å². The van der Waals surface area contributed by atoms with Crippen LogP contribution in [0.3, 0.4) is 0 Å². The lowest BCUT2D eigenvalue weighted by atomic mass is 10.1. The van der Waals surface area contributed by atoms with Gasteiger partial charge in [-0.25, -0.2) is 9.18 Å². The first-order valence-corrected chi connectivity index (χ1v) is 7.50. The molecule has 1 aromatic carbocycles. The van der Waals surface area contributed by atoms with Crippen LogP contribution in [0, 0.1) is 5.82 Å². The number of hydrogen-bond acceptors (Lipinski definition) is 2. The first-order valence-electron chi connectivity index (χ1n) is 7.50. The first-order chi connectivity index (χ1) is 10.2. The summed E-state index contributed by atoms with van der Waals surface area (Å²) in [5.41, 5.74) is 1.67. The number of aryl methyl sites for hydroxylation is 1. The van der Waals surface area contributed by atoms with Gasteiger partial charge < -0.3 is 5.32 Å². The smallest absolute Gasteiger partial charge is 0.317 e. The molecule has 0 unspecified atom stereocenters. The molecule has 3 rings (SSSR count). The quantitative estimate of drug-likeness (QED) is 0.941. The van der Waals surface area contributed by atoms with Crippen molar-refractivity contribution in [2.45, 2.75) is 32.2 Å². The van der Waals surface area contributed by atoms with E-state index in [4.69, 9.17) is 0 Å². The molecular weight excluding hydrogens is 269 g/mol. The monoisotopic (exact) mass is 289 g/mol. The summed E-state index contributed by atoms with van der Waals surface area (Å²) in [5.74, 6) is -0.289. The fourth-order valence-corrected chi connectivity index (χ4v) is 2.97. The Labute approximate surface area is 123 Å². The molecule has 0 spiro atoms. The molecule has 5 heteroatoms. The van der Waals surface area contributed by atoms with E-state index in [0.717, 1.165) is 43.7 Å². The van der Waals surface area contributed by atoms with Gasteiger partial charge in [0.15, 0.2) is 0 Å². The van der Waals surface area contributed by atoms with Crippen LogP contribution < -0.4 is 11.0 Å². The SMILES string of the molecule is CCc1cn(C2CCNCC2)c(=O)n1-c1ccc(F)cc1. The summed E-state index contributed by atoms with van der Waals surface area (Å²) < 4.78 is 16.6. The Kier molecular flexibility index (Phi) is 3.92. The van der Waals surface area contributed by atoms with Gasteiger partial charge in [-0.2, -0.15) is 0 Å². The van der Waals surface area contributed by atoms with Crippen molar-refractivity contribution in [3.05, 3.63) is 52.5 Å². The Bertz CT molecular complexity index is 666. The first kappa shape index (κ1) is 14.1. The maximum atomic E-state index is 13.1. The van der Waals surface area contributed by atoms with E-state index in [2.05, 4.69) is 5.32 Å². The fourth-order valence-electron chi connectivity index (χ4n) is 2.97. The van der Waals surface area contributed by atoms with Crippen LogP contribution in [-0.2, 0) is 6.42 Å². The fraction of sp³-hybridized carbons (Fsp3) is 0.438.